The summed E-state index contributed by atoms with van der Waals surface area (Å²) in [6.45, 7) is 0. The zero-order valence-corrected chi connectivity index (χ0v) is 21.5. The van der Waals surface area contributed by atoms with E-state index in [0.29, 0.717) is 0 Å². The maximum atomic E-state index is 4.34. The topological polar surface area (TPSA) is 35.6 Å². The van der Waals surface area contributed by atoms with Crippen LogP contribution in [0.5, 0.6) is 0 Å². The summed E-state index contributed by atoms with van der Waals surface area (Å²) in [5, 5.41) is 3.62. The normalized spacial score (nSPS) is 12.9. The van der Waals surface area contributed by atoms with Crippen LogP contribution in [-0.2, 0) is 12.8 Å². The largest absolute Gasteiger partial charge is 0.310 e. The van der Waals surface area contributed by atoms with Gasteiger partial charge in [-0.2, -0.15) is 0 Å². The van der Waals surface area contributed by atoms with Gasteiger partial charge in [0.05, 0.1) is 16.6 Å². The molecule has 39 heavy (non-hydrogen) atoms. The van der Waals surface area contributed by atoms with Gasteiger partial charge in [-0.25, -0.2) is 0 Å². The van der Waals surface area contributed by atoms with Crippen molar-refractivity contribution in [2.45, 2.75) is 19.3 Å². The maximum absolute atomic E-state index is 4.34. The Kier molecular flexibility index (Phi) is 4.99. The van der Waals surface area contributed by atoms with Gasteiger partial charge in [-0.15, -0.1) is 0 Å². The fourth-order valence-electron chi connectivity index (χ4n) is 6.21. The number of rotatable bonds is 4. The van der Waals surface area contributed by atoms with Gasteiger partial charge in [0.25, 0.3) is 0 Å². The van der Waals surface area contributed by atoms with Crippen LogP contribution in [0.25, 0.3) is 50.2 Å². The van der Waals surface area contributed by atoms with Crippen molar-refractivity contribution in [1.29, 1.82) is 0 Å². The van der Waals surface area contributed by atoms with E-state index < -0.39 is 0 Å². The van der Waals surface area contributed by atoms with Crippen molar-refractivity contribution >= 4 is 38.8 Å². The van der Waals surface area contributed by atoms with Crippen LogP contribution < -0.4 is 0 Å². The second-order valence-corrected chi connectivity index (χ2v) is 10.3. The molecule has 4 heterocycles. The van der Waals surface area contributed by atoms with Crippen molar-refractivity contribution in [3.8, 4) is 11.4 Å². The molecule has 0 unspecified atom stereocenters. The predicted octanol–water partition coefficient (Wildman–Crippen LogP) is 8.07. The molecule has 0 N–H and O–H groups in total. The molecule has 0 spiro atoms. The molecule has 8 rings (SSSR count). The molecule has 0 saturated carbocycles. The lowest BCUT2D eigenvalue weighted by atomic mass is 10.0. The molecule has 0 aliphatic heterocycles. The van der Waals surface area contributed by atoms with Gasteiger partial charge >= 0.3 is 0 Å². The van der Waals surface area contributed by atoms with Gasteiger partial charge in [0.2, 0.25) is 0 Å². The van der Waals surface area contributed by atoms with Crippen LogP contribution in [0.4, 0.5) is 0 Å². The van der Waals surface area contributed by atoms with Crippen molar-refractivity contribution in [3.05, 3.63) is 138 Å². The van der Waals surface area contributed by atoms with E-state index in [1.165, 1.54) is 39.0 Å². The summed E-state index contributed by atoms with van der Waals surface area (Å²) < 4.78 is 4.71. The maximum Gasteiger partial charge on any atom is 0.0572 e. The summed E-state index contributed by atoms with van der Waals surface area (Å²) in [6.07, 6.45) is 15.3. The van der Waals surface area contributed by atoms with Crippen LogP contribution in [0.3, 0.4) is 0 Å². The molecule has 0 fully saturated rings. The highest BCUT2D eigenvalue weighted by Gasteiger charge is 2.18. The summed E-state index contributed by atoms with van der Waals surface area (Å²) in [7, 11) is 0. The highest BCUT2D eigenvalue weighted by molar-refractivity contribution is 6.08. The molecule has 3 aromatic carbocycles. The molecule has 1 aliphatic rings. The Morgan fingerprint density at radius 2 is 1.18 bits per heavy atom. The fraction of sp³-hybridized carbons (Fsp3) is 0.0857. The van der Waals surface area contributed by atoms with E-state index in [1.54, 1.807) is 0 Å². The number of allylic oxidation sites excluding steroid dienone is 1. The number of aromatic nitrogens is 4. The number of benzene rings is 3. The number of nitrogens with zero attached hydrogens (tertiary/aromatic N) is 4. The van der Waals surface area contributed by atoms with Crippen molar-refractivity contribution < 1.29 is 0 Å². The van der Waals surface area contributed by atoms with E-state index in [9.17, 15) is 0 Å². The van der Waals surface area contributed by atoms with E-state index in [0.717, 1.165) is 46.8 Å². The number of aryl methyl sites for hydroxylation is 1. The van der Waals surface area contributed by atoms with Crippen LogP contribution in [0.2, 0.25) is 0 Å². The molecule has 1 aliphatic carbocycles. The average Bonchev–Trinajstić information content (AvgIpc) is 3.51. The lowest BCUT2D eigenvalue weighted by Gasteiger charge is -2.13. The minimum atomic E-state index is 0.895. The zero-order chi connectivity index (χ0) is 25.8. The Bertz CT molecular complexity index is 1970. The quantitative estimate of drug-likeness (QED) is 0.244. The number of fused-ring (bicyclic) bond motifs is 6. The summed E-state index contributed by atoms with van der Waals surface area (Å²) in [6, 6.07) is 30.9. The van der Waals surface area contributed by atoms with Gasteiger partial charge in [-0.05, 0) is 84.5 Å². The molecule has 4 aromatic heterocycles. The summed E-state index contributed by atoms with van der Waals surface area (Å²) in [5.41, 5.74) is 11.3. The third-order valence-corrected chi connectivity index (χ3v) is 8.02. The standard InChI is InChI=1S/C35H26N4/c1-3-7-32-28(5-1)29-6-2-4-8-33(29)38(32)26-13-9-24(10-14-26)21-25-11-15-27(16-12-25)39-34-17-19-36-22-30(34)31-23-37-20-18-35(31)39/h1,3-5,7-20,22-23H,2,6,21H2. The van der Waals surface area contributed by atoms with Crippen LogP contribution in [0, 0.1) is 0 Å². The van der Waals surface area contributed by atoms with Gasteiger partial charge in [0.1, 0.15) is 0 Å². The molecule has 186 valence electrons. The van der Waals surface area contributed by atoms with Crippen molar-refractivity contribution in [3.63, 3.8) is 0 Å². The lowest BCUT2D eigenvalue weighted by molar-refractivity contribution is 0.967. The Morgan fingerprint density at radius 1 is 0.590 bits per heavy atom. The first kappa shape index (κ1) is 22.1. The molecule has 4 heteroatoms. The van der Waals surface area contributed by atoms with Gasteiger partial charge < -0.3 is 9.13 Å². The van der Waals surface area contributed by atoms with E-state index in [-0.39, 0.29) is 0 Å². The number of para-hydroxylation sites is 1. The predicted molar refractivity (Wildman–Crippen MR) is 160 cm³/mol. The Balaban J connectivity index is 1.11. The monoisotopic (exact) mass is 502 g/mol. The lowest BCUT2D eigenvalue weighted by Crippen LogP contribution is -2.00. The van der Waals surface area contributed by atoms with Gasteiger partial charge in [0, 0.05) is 58.0 Å². The third-order valence-electron chi connectivity index (χ3n) is 8.02. The second-order valence-electron chi connectivity index (χ2n) is 10.3. The first-order valence-electron chi connectivity index (χ1n) is 13.5. The van der Waals surface area contributed by atoms with E-state index >= 15 is 0 Å². The summed E-state index contributed by atoms with van der Waals surface area (Å²) >= 11 is 0. The Labute approximate surface area is 226 Å². The third kappa shape index (κ3) is 3.52. The molecule has 0 bridgehead atoms. The van der Waals surface area contributed by atoms with Crippen molar-refractivity contribution in [1.82, 2.24) is 19.1 Å². The minimum absolute atomic E-state index is 0.895. The molecule has 0 radical (unpaired) electrons. The van der Waals surface area contributed by atoms with E-state index in [1.807, 2.05) is 24.8 Å². The summed E-state index contributed by atoms with van der Waals surface area (Å²) in [4.78, 5) is 8.69. The molecular weight excluding hydrogens is 476 g/mol. The molecular formula is C35H26N4. The van der Waals surface area contributed by atoms with E-state index in [4.69, 9.17) is 0 Å². The molecule has 0 saturated heterocycles. The van der Waals surface area contributed by atoms with Crippen molar-refractivity contribution in [2.75, 3.05) is 0 Å². The molecule has 0 atom stereocenters. The van der Waals surface area contributed by atoms with Crippen molar-refractivity contribution in [2.24, 2.45) is 0 Å². The SMILES string of the molecule is C1=Cc2c(c3ccccc3n2-c2ccc(Cc3ccc(-n4c5ccncc5c5cnccc54)cc3)cc2)CC1. The Morgan fingerprint density at radius 3 is 1.85 bits per heavy atom. The van der Waals surface area contributed by atoms with E-state index in [2.05, 4.69) is 116 Å². The highest BCUT2D eigenvalue weighted by atomic mass is 15.0. The van der Waals surface area contributed by atoms with Crippen LogP contribution in [0.15, 0.2) is 116 Å². The van der Waals surface area contributed by atoms with Crippen LogP contribution in [-0.4, -0.2) is 19.1 Å². The summed E-state index contributed by atoms with van der Waals surface area (Å²) in [5.74, 6) is 0. The van der Waals surface area contributed by atoms with Crippen LogP contribution in [0.1, 0.15) is 28.8 Å². The smallest absolute Gasteiger partial charge is 0.0572 e. The first-order valence-corrected chi connectivity index (χ1v) is 13.5. The highest BCUT2D eigenvalue weighted by Crippen LogP contribution is 2.34. The van der Waals surface area contributed by atoms with Crippen LogP contribution >= 0.6 is 0 Å². The molecule has 7 aromatic rings. The van der Waals surface area contributed by atoms with Gasteiger partial charge in [-0.1, -0.05) is 48.5 Å². The average molecular weight is 503 g/mol. The Hall–Kier alpha value is -4.96. The zero-order valence-electron chi connectivity index (χ0n) is 21.5. The molecule has 4 nitrogen and oxygen atoms in total. The second kappa shape index (κ2) is 8.81. The number of hydrogen-bond donors (Lipinski definition) is 0. The molecule has 0 amide bonds. The number of pyridine rings is 2. The fourth-order valence-corrected chi connectivity index (χ4v) is 6.21. The number of hydrogen-bond acceptors (Lipinski definition) is 2. The minimum Gasteiger partial charge on any atom is -0.310 e. The van der Waals surface area contributed by atoms with Gasteiger partial charge in [0.15, 0.2) is 0 Å². The first-order chi connectivity index (χ1) is 19.3. The van der Waals surface area contributed by atoms with Gasteiger partial charge in [-0.3, -0.25) is 9.97 Å².